The summed E-state index contributed by atoms with van der Waals surface area (Å²) in [6, 6.07) is -0.206. The lowest BCUT2D eigenvalue weighted by Gasteiger charge is -2.53. The molecule has 0 aromatic heterocycles. The van der Waals surface area contributed by atoms with Crippen LogP contribution in [0.5, 0.6) is 0 Å². The van der Waals surface area contributed by atoms with Gasteiger partial charge >= 0.3 is 11.9 Å². The average Bonchev–Trinajstić information content (AvgIpc) is 2.88. The number of carbonyl (C=O) groups excluding carboxylic acids is 2. The molecule has 1 fully saturated rings. The van der Waals surface area contributed by atoms with Gasteiger partial charge in [-0.25, -0.2) is 9.59 Å². The third-order valence-electron chi connectivity index (χ3n) is 4.90. The predicted octanol–water partition coefficient (Wildman–Crippen LogP) is 2.58. The Morgan fingerprint density at radius 2 is 1.70 bits per heavy atom. The van der Waals surface area contributed by atoms with E-state index in [1.54, 1.807) is 5.06 Å². The number of hydroxylamine groups is 2. The molecule has 2 rings (SSSR count). The fourth-order valence-corrected chi connectivity index (χ4v) is 3.68. The molecule has 0 aromatic carbocycles. The van der Waals surface area contributed by atoms with Crippen molar-refractivity contribution in [3.63, 3.8) is 0 Å². The molecule has 6 heteroatoms. The molecule has 0 spiro atoms. The van der Waals surface area contributed by atoms with Crippen LogP contribution in [0.2, 0.25) is 0 Å². The van der Waals surface area contributed by atoms with Crippen molar-refractivity contribution in [2.75, 3.05) is 20.8 Å². The molecule has 2 aliphatic heterocycles. The first-order valence-corrected chi connectivity index (χ1v) is 8.40. The highest BCUT2D eigenvalue weighted by molar-refractivity contribution is 6.00. The SMILES string of the molecule is CCCCC1(CCCC)CN2OC(C(=O)OC)=C(C(=O)OC)C21. The lowest BCUT2D eigenvalue weighted by molar-refractivity contribution is -0.241. The zero-order valence-electron chi connectivity index (χ0n) is 14.5. The Morgan fingerprint density at radius 1 is 1.13 bits per heavy atom. The van der Waals surface area contributed by atoms with Crippen LogP contribution in [0, 0.1) is 5.41 Å². The molecule has 2 aliphatic rings. The third kappa shape index (κ3) is 3.09. The molecule has 2 heterocycles. The van der Waals surface area contributed by atoms with Gasteiger partial charge in [0.15, 0.2) is 0 Å². The van der Waals surface area contributed by atoms with Crippen molar-refractivity contribution in [2.45, 2.75) is 58.4 Å². The molecular weight excluding hydrogens is 298 g/mol. The summed E-state index contributed by atoms with van der Waals surface area (Å²) in [5, 5.41) is 1.73. The van der Waals surface area contributed by atoms with E-state index in [2.05, 4.69) is 13.8 Å². The van der Waals surface area contributed by atoms with Gasteiger partial charge in [-0.1, -0.05) is 39.5 Å². The lowest BCUT2D eigenvalue weighted by Crippen LogP contribution is -2.63. The second-order valence-corrected chi connectivity index (χ2v) is 6.36. The number of unbranched alkanes of at least 4 members (excludes halogenated alkanes) is 2. The van der Waals surface area contributed by atoms with Gasteiger partial charge in [0.05, 0.1) is 20.3 Å². The fraction of sp³-hybridized carbons (Fsp3) is 0.765. The minimum Gasteiger partial charge on any atom is -0.466 e. The molecule has 0 aliphatic carbocycles. The number of nitrogens with zero attached hydrogens (tertiary/aromatic N) is 1. The first kappa shape index (κ1) is 17.8. The number of hydrogen-bond acceptors (Lipinski definition) is 6. The molecule has 1 unspecified atom stereocenters. The highest BCUT2D eigenvalue weighted by Crippen LogP contribution is 2.53. The molecule has 0 radical (unpaired) electrons. The summed E-state index contributed by atoms with van der Waals surface area (Å²) < 4.78 is 9.66. The summed E-state index contributed by atoms with van der Waals surface area (Å²) in [6.45, 7) is 5.05. The molecule has 130 valence electrons. The molecule has 0 aromatic rings. The number of methoxy groups -OCH3 is 2. The number of carbonyl (C=O) groups is 2. The van der Waals surface area contributed by atoms with E-state index in [4.69, 9.17) is 14.3 Å². The monoisotopic (exact) mass is 325 g/mol. The summed E-state index contributed by atoms with van der Waals surface area (Å²) in [7, 11) is 2.61. The van der Waals surface area contributed by atoms with E-state index in [-0.39, 0.29) is 17.2 Å². The van der Waals surface area contributed by atoms with Crippen LogP contribution < -0.4 is 0 Å². The predicted molar refractivity (Wildman–Crippen MR) is 84.1 cm³/mol. The van der Waals surface area contributed by atoms with Gasteiger partial charge in [-0.15, -0.1) is 5.06 Å². The number of hydrogen-bond donors (Lipinski definition) is 0. The van der Waals surface area contributed by atoms with Crippen LogP contribution in [-0.4, -0.2) is 43.8 Å². The summed E-state index contributed by atoms with van der Waals surface area (Å²) in [5.41, 5.74) is 0.295. The minimum absolute atomic E-state index is 0.0146. The van der Waals surface area contributed by atoms with E-state index in [1.807, 2.05) is 0 Å². The summed E-state index contributed by atoms with van der Waals surface area (Å²) in [6.07, 6.45) is 6.42. The van der Waals surface area contributed by atoms with Crippen molar-refractivity contribution >= 4 is 11.9 Å². The maximum atomic E-state index is 12.3. The largest absolute Gasteiger partial charge is 0.466 e. The second-order valence-electron chi connectivity index (χ2n) is 6.36. The summed E-state index contributed by atoms with van der Waals surface area (Å²) in [4.78, 5) is 29.8. The average molecular weight is 325 g/mol. The molecule has 0 N–H and O–H groups in total. The van der Waals surface area contributed by atoms with Crippen molar-refractivity contribution in [3.05, 3.63) is 11.3 Å². The van der Waals surface area contributed by atoms with Crippen LogP contribution in [0.25, 0.3) is 0 Å². The van der Waals surface area contributed by atoms with Gasteiger partial charge in [-0.3, -0.25) is 0 Å². The molecule has 0 amide bonds. The Morgan fingerprint density at radius 3 is 2.17 bits per heavy atom. The smallest absolute Gasteiger partial charge is 0.376 e. The first-order valence-electron chi connectivity index (χ1n) is 8.40. The van der Waals surface area contributed by atoms with E-state index in [1.165, 1.54) is 14.2 Å². The fourth-order valence-electron chi connectivity index (χ4n) is 3.68. The standard InChI is InChI=1S/C17H27NO5/c1-5-7-9-17(10-8-6-2)11-18-14(17)12(15(19)21-3)13(23-18)16(20)22-4/h14H,5-11H2,1-4H3. The topological polar surface area (TPSA) is 65.1 Å². The van der Waals surface area contributed by atoms with Crippen molar-refractivity contribution < 1.29 is 23.9 Å². The Kier molecular flexibility index (Phi) is 5.68. The van der Waals surface area contributed by atoms with Crippen LogP contribution in [0.3, 0.4) is 0 Å². The molecule has 23 heavy (non-hydrogen) atoms. The Labute approximate surface area is 137 Å². The van der Waals surface area contributed by atoms with Crippen molar-refractivity contribution in [2.24, 2.45) is 5.41 Å². The van der Waals surface area contributed by atoms with Crippen LogP contribution in [0.1, 0.15) is 52.4 Å². The van der Waals surface area contributed by atoms with Gasteiger partial charge in [0, 0.05) is 12.0 Å². The number of fused-ring (bicyclic) bond motifs is 1. The van der Waals surface area contributed by atoms with Gasteiger partial charge < -0.3 is 14.3 Å². The Bertz CT molecular complexity index is 491. The van der Waals surface area contributed by atoms with Crippen LogP contribution in [0.15, 0.2) is 11.3 Å². The maximum absolute atomic E-state index is 12.3. The number of rotatable bonds is 8. The molecule has 1 atom stereocenters. The van der Waals surface area contributed by atoms with Crippen LogP contribution in [0.4, 0.5) is 0 Å². The Balaban J connectivity index is 2.34. The summed E-state index contributed by atoms with van der Waals surface area (Å²) >= 11 is 0. The van der Waals surface area contributed by atoms with Crippen LogP contribution in [-0.2, 0) is 23.9 Å². The van der Waals surface area contributed by atoms with E-state index >= 15 is 0 Å². The van der Waals surface area contributed by atoms with E-state index < -0.39 is 11.9 Å². The van der Waals surface area contributed by atoms with Gasteiger partial charge in [0.2, 0.25) is 5.76 Å². The zero-order chi connectivity index (χ0) is 17.0. The van der Waals surface area contributed by atoms with Gasteiger partial charge in [0.1, 0.15) is 5.57 Å². The van der Waals surface area contributed by atoms with E-state index in [9.17, 15) is 9.59 Å². The molecule has 6 nitrogen and oxygen atoms in total. The van der Waals surface area contributed by atoms with Crippen LogP contribution >= 0.6 is 0 Å². The maximum Gasteiger partial charge on any atom is 0.376 e. The van der Waals surface area contributed by atoms with Gasteiger partial charge in [0.25, 0.3) is 0 Å². The minimum atomic E-state index is -0.625. The molecular formula is C17H27NO5. The van der Waals surface area contributed by atoms with Crippen molar-refractivity contribution in [3.8, 4) is 0 Å². The number of esters is 2. The second kappa shape index (κ2) is 7.34. The van der Waals surface area contributed by atoms with Crippen molar-refractivity contribution in [1.82, 2.24) is 5.06 Å². The highest BCUT2D eigenvalue weighted by atomic mass is 16.7. The van der Waals surface area contributed by atoms with Gasteiger partial charge in [-0.05, 0) is 12.8 Å². The quantitative estimate of drug-likeness (QED) is 0.639. The highest BCUT2D eigenvalue weighted by Gasteiger charge is 2.61. The van der Waals surface area contributed by atoms with Gasteiger partial charge in [-0.2, -0.15) is 0 Å². The molecule has 0 saturated carbocycles. The van der Waals surface area contributed by atoms with E-state index in [0.717, 1.165) is 45.1 Å². The first-order chi connectivity index (χ1) is 11.0. The zero-order valence-corrected chi connectivity index (χ0v) is 14.5. The normalized spacial score (nSPS) is 22.2. The number of ether oxygens (including phenoxy) is 2. The molecule has 1 saturated heterocycles. The third-order valence-corrected chi connectivity index (χ3v) is 4.90. The lowest BCUT2D eigenvalue weighted by atomic mass is 9.64. The van der Waals surface area contributed by atoms with E-state index in [0.29, 0.717) is 5.57 Å². The van der Waals surface area contributed by atoms with Crippen molar-refractivity contribution in [1.29, 1.82) is 0 Å². The summed E-state index contributed by atoms with van der Waals surface area (Å²) in [5.74, 6) is -1.14. The molecule has 0 bridgehead atoms. The Hall–Kier alpha value is -1.56.